The van der Waals surface area contributed by atoms with E-state index in [2.05, 4.69) is 31.4 Å². The van der Waals surface area contributed by atoms with Gasteiger partial charge in [0.05, 0.1) is 12.1 Å². The van der Waals surface area contributed by atoms with Crippen LogP contribution in [0.5, 0.6) is 5.75 Å². The standard InChI is InChI=1S/C10H14ClNO.C5H11N/c1-7(2)12-8-4-5-9(11)10(6-8)13-3;1-5-3-2-4-6-5/h4-7,12H,1-3H3;5-6H,2-4H2,1H3. The first kappa shape index (κ1) is 16.1. The first-order chi connectivity index (χ1) is 9.02. The summed E-state index contributed by atoms with van der Waals surface area (Å²) in [5.74, 6) is 0.701. The predicted molar refractivity (Wildman–Crippen MR) is 83.5 cm³/mol. The van der Waals surface area contributed by atoms with Gasteiger partial charge in [-0.05, 0) is 52.3 Å². The molecule has 4 heteroatoms. The smallest absolute Gasteiger partial charge is 0.139 e. The van der Waals surface area contributed by atoms with Crippen LogP contribution >= 0.6 is 11.6 Å². The summed E-state index contributed by atoms with van der Waals surface area (Å²) in [6.07, 6.45) is 2.75. The largest absolute Gasteiger partial charge is 0.495 e. The summed E-state index contributed by atoms with van der Waals surface area (Å²) < 4.78 is 5.10. The van der Waals surface area contributed by atoms with Crippen LogP contribution in [0.4, 0.5) is 5.69 Å². The first-order valence-electron chi connectivity index (χ1n) is 6.86. The Morgan fingerprint density at radius 2 is 2.16 bits per heavy atom. The number of hydrogen-bond acceptors (Lipinski definition) is 3. The fourth-order valence-corrected chi connectivity index (χ4v) is 2.14. The van der Waals surface area contributed by atoms with Gasteiger partial charge in [-0.3, -0.25) is 0 Å². The lowest BCUT2D eigenvalue weighted by atomic mass is 10.2. The molecule has 1 aromatic carbocycles. The lowest BCUT2D eigenvalue weighted by molar-refractivity contribution is 0.415. The Balaban J connectivity index is 0.000000250. The molecular weight excluding hydrogens is 260 g/mol. The second kappa shape index (κ2) is 8.28. The van der Waals surface area contributed by atoms with Crippen molar-refractivity contribution in [1.29, 1.82) is 0 Å². The Morgan fingerprint density at radius 3 is 2.58 bits per heavy atom. The molecule has 1 saturated heterocycles. The van der Waals surface area contributed by atoms with Crippen molar-refractivity contribution in [3.05, 3.63) is 23.2 Å². The number of halogens is 1. The van der Waals surface area contributed by atoms with E-state index >= 15 is 0 Å². The molecule has 1 aliphatic heterocycles. The van der Waals surface area contributed by atoms with Gasteiger partial charge in [0.15, 0.2) is 0 Å². The van der Waals surface area contributed by atoms with Crippen LogP contribution in [0, 0.1) is 0 Å². The average molecular weight is 285 g/mol. The molecule has 1 atom stereocenters. The molecule has 2 rings (SSSR count). The number of rotatable bonds is 3. The van der Waals surface area contributed by atoms with Crippen LogP contribution in [-0.4, -0.2) is 25.7 Å². The van der Waals surface area contributed by atoms with Crippen LogP contribution in [0.2, 0.25) is 5.02 Å². The third-order valence-corrected chi connectivity index (χ3v) is 3.23. The van der Waals surface area contributed by atoms with Crippen LogP contribution in [0.15, 0.2) is 18.2 Å². The minimum Gasteiger partial charge on any atom is -0.495 e. The summed E-state index contributed by atoms with van der Waals surface area (Å²) in [4.78, 5) is 0. The highest BCUT2D eigenvalue weighted by Crippen LogP contribution is 2.27. The average Bonchev–Trinajstić information content (AvgIpc) is 2.83. The lowest BCUT2D eigenvalue weighted by Crippen LogP contribution is -2.16. The van der Waals surface area contributed by atoms with Crippen molar-refractivity contribution >= 4 is 17.3 Å². The number of methoxy groups -OCH3 is 1. The van der Waals surface area contributed by atoms with Crippen molar-refractivity contribution in [3.8, 4) is 5.75 Å². The van der Waals surface area contributed by atoms with Gasteiger partial charge in [0.1, 0.15) is 5.75 Å². The third-order valence-electron chi connectivity index (χ3n) is 2.91. The molecule has 0 radical (unpaired) electrons. The molecule has 0 amide bonds. The summed E-state index contributed by atoms with van der Waals surface area (Å²) in [5, 5.41) is 7.22. The van der Waals surface area contributed by atoms with Crippen LogP contribution in [-0.2, 0) is 0 Å². The second-order valence-electron chi connectivity index (χ2n) is 5.15. The Hall–Kier alpha value is -0.930. The normalized spacial score (nSPS) is 17.9. The summed E-state index contributed by atoms with van der Waals surface area (Å²) in [6, 6.07) is 6.86. The van der Waals surface area contributed by atoms with Crippen LogP contribution in [0.1, 0.15) is 33.6 Å². The van der Waals surface area contributed by atoms with Gasteiger partial charge in [0, 0.05) is 23.8 Å². The zero-order valence-electron chi connectivity index (χ0n) is 12.3. The molecule has 0 aliphatic carbocycles. The van der Waals surface area contributed by atoms with Gasteiger partial charge >= 0.3 is 0 Å². The molecule has 108 valence electrons. The molecule has 1 heterocycles. The van der Waals surface area contributed by atoms with Gasteiger partial charge in [0.2, 0.25) is 0 Å². The van der Waals surface area contributed by atoms with Crippen LogP contribution in [0.3, 0.4) is 0 Å². The number of benzene rings is 1. The molecule has 1 aromatic rings. The van der Waals surface area contributed by atoms with E-state index < -0.39 is 0 Å². The Morgan fingerprint density at radius 1 is 1.42 bits per heavy atom. The van der Waals surface area contributed by atoms with Crippen molar-refractivity contribution in [2.45, 2.75) is 45.7 Å². The number of hydrogen-bond donors (Lipinski definition) is 2. The zero-order valence-corrected chi connectivity index (χ0v) is 13.1. The molecule has 1 aliphatic rings. The van der Waals surface area contributed by atoms with Gasteiger partial charge in [-0.1, -0.05) is 11.6 Å². The highest BCUT2D eigenvalue weighted by atomic mass is 35.5. The molecule has 0 saturated carbocycles. The topological polar surface area (TPSA) is 33.3 Å². The summed E-state index contributed by atoms with van der Waals surface area (Å²) in [6.45, 7) is 7.64. The van der Waals surface area contributed by atoms with Crippen LogP contribution in [0.25, 0.3) is 0 Å². The van der Waals surface area contributed by atoms with Crippen molar-refractivity contribution in [2.75, 3.05) is 19.0 Å². The fraction of sp³-hybridized carbons (Fsp3) is 0.600. The van der Waals surface area contributed by atoms with Crippen LogP contribution < -0.4 is 15.4 Å². The molecule has 1 fully saturated rings. The van der Waals surface area contributed by atoms with Crippen molar-refractivity contribution in [1.82, 2.24) is 5.32 Å². The molecule has 3 nitrogen and oxygen atoms in total. The maximum Gasteiger partial charge on any atom is 0.139 e. The number of anilines is 1. The predicted octanol–water partition coefficient (Wildman–Crippen LogP) is 3.93. The Bertz CT molecular complexity index is 376. The summed E-state index contributed by atoms with van der Waals surface area (Å²) >= 11 is 5.88. The Kier molecular flexibility index (Phi) is 7.03. The maximum atomic E-state index is 5.88. The summed E-state index contributed by atoms with van der Waals surface area (Å²) in [7, 11) is 1.61. The van der Waals surface area contributed by atoms with Crippen molar-refractivity contribution < 1.29 is 4.74 Å². The zero-order chi connectivity index (χ0) is 14.3. The molecule has 1 unspecified atom stereocenters. The highest BCUT2D eigenvalue weighted by Gasteiger charge is 2.05. The van der Waals surface area contributed by atoms with Gasteiger partial charge in [-0.25, -0.2) is 0 Å². The number of ether oxygens (including phenoxy) is 1. The highest BCUT2D eigenvalue weighted by molar-refractivity contribution is 6.32. The lowest BCUT2D eigenvalue weighted by Gasteiger charge is -2.11. The quantitative estimate of drug-likeness (QED) is 0.882. The molecule has 0 bridgehead atoms. The molecular formula is C15H25ClN2O. The van der Waals surface area contributed by atoms with E-state index in [1.165, 1.54) is 19.4 Å². The SMILES string of the molecule is CC1CCCN1.COc1cc(NC(C)C)ccc1Cl. The molecule has 2 N–H and O–H groups in total. The molecule has 0 spiro atoms. The monoisotopic (exact) mass is 284 g/mol. The molecule has 0 aromatic heterocycles. The minimum atomic E-state index is 0.408. The van der Waals surface area contributed by atoms with E-state index in [0.29, 0.717) is 16.8 Å². The van der Waals surface area contributed by atoms with Crippen molar-refractivity contribution in [3.63, 3.8) is 0 Å². The maximum absolute atomic E-state index is 5.88. The van der Waals surface area contributed by atoms with E-state index in [1.807, 2.05) is 18.2 Å². The van der Waals surface area contributed by atoms with E-state index in [-0.39, 0.29) is 0 Å². The second-order valence-corrected chi connectivity index (χ2v) is 5.55. The van der Waals surface area contributed by atoms with E-state index in [1.54, 1.807) is 7.11 Å². The van der Waals surface area contributed by atoms with Gasteiger partial charge in [0.25, 0.3) is 0 Å². The van der Waals surface area contributed by atoms with Gasteiger partial charge in [-0.2, -0.15) is 0 Å². The first-order valence-corrected chi connectivity index (χ1v) is 7.24. The third kappa shape index (κ3) is 6.17. The fourth-order valence-electron chi connectivity index (χ4n) is 1.94. The minimum absolute atomic E-state index is 0.408. The Labute approximate surface area is 121 Å². The number of nitrogens with one attached hydrogen (secondary N) is 2. The van der Waals surface area contributed by atoms with Crippen molar-refractivity contribution in [2.24, 2.45) is 0 Å². The van der Waals surface area contributed by atoms with E-state index in [9.17, 15) is 0 Å². The van der Waals surface area contributed by atoms with Gasteiger partial charge < -0.3 is 15.4 Å². The molecule has 19 heavy (non-hydrogen) atoms. The van der Waals surface area contributed by atoms with Gasteiger partial charge in [-0.15, -0.1) is 0 Å². The summed E-state index contributed by atoms with van der Waals surface area (Å²) in [5.41, 5.74) is 1.02. The van der Waals surface area contributed by atoms with E-state index in [0.717, 1.165) is 11.7 Å². The van der Waals surface area contributed by atoms with E-state index in [4.69, 9.17) is 16.3 Å².